The number of nitrogens with one attached hydrogen (secondary N) is 2. The fourth-order valence-electron chi connectivity index (χ4n) is 1.87. The largest absolute Gasteiger partial charge is 0.341 e. The average molecular weight is 247 g/mol. The molecule has 0 amide bonds. The van der Waals surface area contributed by atoms with Gasteiger partial charge in [0.05, 0.1) is 0 Å². The van der Waals surface area contributed by atoms with Gasteiger partial charge in [0.1, 0.15) is 11.6 Å². The van der Waals surface area contributed by atoms with Gasteiger partial charge in [0.2, 0.25) is 0 Å². The van der Waals surface area contributed by atoms with Crippen molar-refractivity contribution in [2.75, 3.05) is 6.54 Å². The standard InChI is InChI=1S/C14H18FN3/c1-3-4-16-8-13-9-17-14(18-13)11-5-10(2)6-12(15)7-11/h5-7,9,16H,3-4,8H2,1-2H3,(H,17,18). The van der Waals surface area contributed by atoms with Gasteiger partial charge < -0.3 is 10.3 Å². The highest BCUT2D eigenvalue weighted by Gasteiger charge is 2.05. The van der Waals surface area contributed by atoms with Crippen molar-refractivity contribution in [3.05, 3.63) is 41.5 Å². The minimum atomic E-state index is -0.230. The molecule has 2 aromatic rings. The van der Waals surface area contributed by atoms with Crippen LogP contribution in [0.15, 0.2) is 24.4 Å². The Balaban J connectivity index is 2.13. The number of hydrogen-bond donors (Lipinski definition) is 2. The smallest absolute Gasteiger partial charge is 0.137 e. The van der Waals surface area contributed by atoms with Crippen molar-refractivity contribution < 1.29 is 4.39 Å². The van der Waals surface area contributed by atoms with E-state index >= 15 is 0 Å². The van der Waals surface area contributed by atoms with Gasteiger partial charge in [-0.05, 0) is 43.7 Å². The van der Waals surface area contributed by atoms with E-state index in [2.05, 4.69) is 22.2 Å². The predicted molar refractivity (Wildman–Crippen MR) is 70.7 cm³/mol. The molecule has 2 N–H and O–H groups in total. The van der Waals surface area contributed by atoms with Crippen LogP contribution in [0, 0.1) is 12.7 Å². The van der Waals surface area contributed by atoms with Crippen LogP contribution in [0.3, 0.4) is 0 Å². The van der Waals surface area contributed by atoms with Gasteiger partial charge in [-0.3, -0.25) is 0 Å². The van der Waals surface area contributed by atoms with Crippen LogP contribution >= 0.6 is 0 Å². The van der Waals surface area contributed by atoms with E-state index in [1.165, 1.54) is 12.1 Å². The summed E-state index contributed by atoms with van der Waals surface area (Å²) in [4.78, 5) is 7.49. The number of aromatic nitrogens is 2. The van der Waals surface area contributed by atoms with Gasteiger partial charge in [0.15, 0.2) is 0 Å². The number of benzene rings is 1. The first kappa shape index (κ1) is 12.8. The first-order valence-electron chi connectivity index (χ1n) is 6.21. The van der Waals surface area contributed by atoms with E-state index in [0.717, 1.165) is 36.3 Å². The number of rotatable bonds is 5. The Kier molecular flexibility index (Phi) is 4.10. The predicted octanol–water partition coefficient (Wildman–Crippen LogP) is 3.02. The van der Waals surface area contributed by atoms with Gasteiger partial charge in [-0.2, -0.15) is 0 Å². The van der Waals surface area contributed by atoms with Crippen molar-refractivity contribution in [3.8, 4) is 11.4 Å². The molecular weight excluding hydrogens is 229 g/mol. The van der Waals surface area contributed by atoms with E-state index in [0.29, 0.717) is 5.82 Å². The molecule has 1 aromatic carbocycles. The molecule has 0 saturated carbocycles. The van der Waals surface area contributed by atoms with Crippen molar-refractivity contribution in [2.24, 2.45) is 0 Å². The molecular formula is C14H18FN3. The lowest BCUT2D eigenvalue weighted by Crippen LogP contribution is -2.13. The van der Waals surface area contributed by atoms with Crippen LogP contribution in [0.5, 0.6) is 0 Å². The summed E-state index contributed by atoms with van der Waals surface area (Å²) in [6.07, 6.45) is 2.89. The third kappa shape index (κ3) is 3.17. The zero-order chi connectivity index (χ0) is 13.0. The molecule has 0 saturated heterocycles. The molecule has 0 radical (unpaired) electrons. The van der Waals surface area contributed by atoms with Gasteiger partial charge in [0, 0.05) is 24.0 Å². The molecule has 18 heavy (non-hydrogen) atoms. The van der Waals surface area contributed by atoms with E-state index in [9.17, 15) is 4.39 Å². The highest BCUT2D eigenvalue weighted by molar-refractivity contribution is 5.56. The van der Waals surface area contributed by atoms with Gasteiger partial charge >= 0.3 is 0 Å². The average Bonchev–Trinajstić information content (AvgIpc) is 2.77. The van der Waals surface area contributed by atoms with Crippen LogP contribution in [-0.2, 0) is 6.54 Å². The number of aryl methyl sites for hydroxylation is 1. The Morgan fingerprint density at radius 3 is 2.89 bits per heavy atom. The molecule has 1 aromatic heterocycles. The van der Waals surface area contributed by atoms with Gasteiger partial charge in [0.25, 0.3) is 0 Å². The summed E-state index contributed by atoms with van der Waals surface area (Å²) in [5.41, 5.74) is 2.70. The number of hydrogen-bond acceptors (Lipinski definition) is 2. The maximum Gasteiger partial charge on any atom is 0.137 e. The summed E-state index contributed by atoms with van der Waals surface area (Å²) in [7, 11) is 0. The molecule has 0 atom stereocenters. The van der Waals surface area contributed by atoms with E-state index in [4.69, 9.17) is 0 Å². The van der Waals surface area contributed by atoms with E-state index in [-0.39, 0.29) is 5.82 Å². The Morgan fingerprint density at radius 2 is 2.17 bits per heavy atom. The molecule has 0 aliphatic carbocycles. The lowest BCUT2D eigenvalue weighted by Gasteiger charge is -2.01. The maximum atomic E-state index is 13.3. The molecule has 3 nitrogen and oxygen atoms in total. The van der Waals surface area contributed by atoms with Crippen LogP contribution in [0.2, 0.25) is 0 Å². The maximum absolute atomic E-state index is 13.3. The topological polar surface area (TPSA) is 40.7 Å². The first-order valence-corrected chi connectivity index (χ1v) is 6.21. The lowest BCUT2D eigenvalue weighted by molar-refractivity contribution is 0.627. The van der Waals surface area contributed by atoms with Gasteiger partial charge in [-0.15, -0.1) is 0 Å². The highest BCUT2D eigenvalue weighted by atomic mass is 19.1. The number of aromatic amines is 1. The quantitative estimate of drug-likeness (QED) is 0.797. The van der Waals surface area contributed by atoms with E-state index in [1.54, 1.807) is 6.20 Å². The molecule has 0 bridgehead atoms. The van der Waals surface area contributed by atoms with Crippen LogP contribution in [-0.4, -0.2) is 16.5 Å². The molecule has 0 unspecified atom stereocenters. The zero-order valence-electron chi connectivity index (χ0n) is 10.8. The third-order valence-corrected chi connectivity index (χ3v) is 2.69. The second-order valence-corrected chi connectivity index (χ2v) is 4.45. The summed E-state index contributed by atoms with van der Waals surface area (Å²) >= 11 is 0. The minimum Gasteiger partial charge on any atom is -0.341 e. The Morgan fingerprint density at radius 1 is 1.33 bits per heavy atom. The molecule has 0 fully saturated rings. The summed E-state index contributed by atoms with van der Waals surface area (Å²) in [6, 6.07) is 4.93. The fraction of sp³-hybridized carbons (Fsp3) is 0.357. The zero-order valence-corrected chi connectivity index (χ0v) is 10.8. The number of halogens is 1. The highest BCUT2D eigenvalue weighted by Crippen LogP contribution is 2.18. The minimum absolute atomic E-state index is 0.230. The third-order valence-electron chi connectivity index (χ3n) is 2.69. The Bertz CT molecular complexity index is 499. The van der Waals surface area contributed by atoms with E-state index in [1.807, 2.05) is 13.0 Å². The molecule has 96 valence electrons. The Labute approximate surface area is 106 Å². The van der Waals surface area contributed by atoms with Crippen molar-refractivity contribution >= 4 is 0 Å². The van der Waals surface area contributed by atoms with Crippen molar-refractivity contribution in [2.45, 2.75) is 26.8 Å². The SMILES string of the molecule is CCCNCc1cnc(-c2cc(C)cc(F)c2)[nH]1. The molecule has 0 aliphatic heterocycles. The van der Waals surface area contributed by atoms with Crippen LogP contribution < -0.4 is 5.32 Å². The van der Waals surface area contributed by atoms with Gasteiger partial charge in [-0.25, -0.2) is 9.37 Å². The normalized spacial score (nSPS) is 10.8. The second-order valence-electron chi connectivity index (χ2n) is 4.45. The van der Waals surface area contributed by atoms with Crippen molar-refractivity contribution in [3.63, 3.8) is 0 Å². The van der Waals surface area contributed by atoms with Crippen LogP contribution in [0.1, 0.15) is 24.6 Å². The van der Waals surface area contributed by atoms with Crippen molar-refractivity contribution in [1.82, 2.24) is 15.3 Å². The summed E-state index contributed by atoms with van der Waals surface area (Å²) < 4.78 is 13.3. The molecule has 0 spiro atoms. The Hall–Kier alpha value is -1.68. The lowest BCUT2D eigenvalue weighted by atomic mass is 10.1. The van der Waals surface area contributed by atoms with E-state index < -0.39 is 0 Å². The number of nitrogens with zero attached hydrogens (tertiary/aromatic N) is 1. The van der Waals surface area contributed by atoms with Crippen LogP contribution in [0.25, 0.3) is 11.4 Å². The first-order chi connectivity index (χ1) is 8.69. The summed E-state index contributed by atoms with van der Waals surface area (Å²) in [6.45, 7) is 5.74. The van der Waals surface area contributed by atoms with Gasteiger partial charge in [-0.1, -0.05) is 6.92 Å². The number of H-pyrrole nitrogens is 1. The molecule has 0 aliphatic rings. The molecule has 2 rings (SSSR count). The summed E-state index contributed by atoms with van der Waals surface area (Å²) in [5, 5.41) is 3.29. The van der Waals surface area contributed by atoms with Crippen LogP contribution in [0.4, 0.5) is 4.39 Å². The number of imidazole rings is 1. The summed E-state index contributed by atoms with van der Waals surface area (Å²) in [5.74, 6) is 0.484. The molecule has 4 heteroatoms. The molecule has 1 heterocycles. The van der Waals surface area contributed by atoms with Crippen molar-refractivity contribution in [1.29, 1.82) is 0 Å². The monoisotopic (exact) mass is 247 g/mol. The fourth-order valence-corrected chi connectivity index (χ4v) is 1.87. The second kappa shape index (κ2) is 5.78.